The number of halogens is 1. The van der Waals surface area contributed by atoms with Crippen LogP contribution in [0.1, 0.15) is 22.8 Å². The van der Waals surface area contributed by atoms with Crippen LogP contribution in [0.5, 0.6) is 0 Å². The molecular formula is C17H17BrN2O3. The number of para-hydroxylation sites is 1. The van der Waals surface area contributed by atoms with Gasteiger partial charge < -0.3 is 15.8 Å². The third-order valence-electron chi connectivity index (χ3n) is 3.29. The summed E-state index contributed by atoms with van der Waals surface area (Å²) in [6.07, 6.45) is -0.943. The summed E-state index contributed by atoms with van der Waals surface area (Å²) in [5, 5.41) is 2.69. The Morgan fingerprint density at radius 3 is 2.61 bits per heavy atom. The minimum atomic E-state index is -0.943. The average molecular weight is 377 g/mol. The maximum atomic E-state index is 12.1. The minimum Gasteiger partial charge on any atom is -0.449 e. The van der Waals surface area contributed by atoms with Gasteiger partial charge in [0.15, 0.2) is 6.10 Å². The van der Waals surface area contributed by atoms with Gasteiger partial charge in [0.05, 0.1) is 5.56 Å². The number of amides is 1. The Bertz CT molecular complexity index is 746. The molecule has 0 aliphatic heterocycles. The van der Waals surface area contributed by atoms with Gasteiger partial charge in [0, 0.05) is 15.8 Å². The average Bonchev–Trinajstić information content (AvgIpc) is 2.49. The molecule has 6 heteroatoms. The van der Waals surface area contributed by atoms with Gasteiger partial charge in [-0.15, -0.1) is 0 Å². The Morgan fingerprint density at radius 1 is 1.22 bits per heavy atom. The summed E-state index contributed by atoms with van der Waals surface area (Å²) in [5.41, 5.74) is 7.88. The van der Waals surface area contributed by atoms with Crippen LogP contribution < -0.4 is 11.1 Å². The molecule has 3 N–H and O–H groups in total. The maximum absolute atomic E-state index is 12.1. The molecule has 0 spiro atoms. The van der Waals surface area contributed by atoms with Gasteiger partial charge in [-0.25, -0.2) is 4.79 Å². The number of aryl methyl sites for hydroxylation is 1. The number of esters is 1. The van der Waals surface area contributed by atoms with Crippen LogP contribution >= 0.6 is 15.9 Å². The Balaban J connectivity index is 2.03. The van der Waals surface area contributed by atoms with Crippen LogP contribution in [0.4, 0.5) is 11.4 Å². The van der Waals surface area contributed by atoms with Crippen molar-refractivity contribution in [1.82, 2.24) is 0 Å². The van der Waals surface area contributed by atoms with E-state index in [1.165, 1.54) is 6.92 Å². The second-order valence-electron chi connectivity index (χ2n) is 5.08. The molecule has 0 fully saturated rings. The van der Waals surface area contributed by atoms with Gasteiger partial charge in [0.2, 0.25) is 0 Å². The third-order valence-corrected chi connectivity index (χ3v) is 3.78. The van der Waals surface area contributed by atoms with E-state index in [1.54, 1.807) is 43.3 Å². The van der Waals surface area contributed by atoms with Gasteiger partial charge in [-0.3, -0.25) is 4.79 Å². The topological polar surface area (TPSA) is 81.4 Å². The van der Waals surface area contributed by atoms with Crippen LogP contribution in [0.3, 0.4) is 0 Å². The van der Waals surface area contributed by atoms with Crippen LogP contribution in [0.25, 0.3) is 0 Å². The van der Waals surface area contributed by atoms with Crippen molar-refractivity contribution in [3.05, 3.63) is 58.1 Å². The van der Waals surface area contributed by atoms with E-state index in [4.69, 9.17) is 10.5 Å². The van der Waals surface area contributed by atoms with Crippen molar-refractivity contribution in [1.29, 1.82) is 0 Å². The van der Waals surface area contributed by atoms with Gasteiger partial charge in [-0.05, 0) is 43.7 Å². The second kappa shape index (κ2) is 7.28. The summed E-state index contributed by atoms with van der Waals surface area (Å²) in [7, 11) is 0. The van der Waals surface area contributed by atoms with E-state index in [0.717, 1.165) is 10.0 Å². The molecule has 0 heterocycles. The Hall–Kier alpha value is -2.34. The molecule has 2 aromatic rings. The van der Waals surface area contributed by atoms with E-state index < -0.39 is 18.0 Å². The minimum absolute atomic E-state index is 0.257. The van der Waals surface area contributed by atoms with Gasteiger partial charge in [-0.2, -0.15) is 0 Å². The molecule has 1 atom stereocenters. The van der Waals surface area contributed by atoms with Crippen LogP contribution in [0.15, 0.2) is 46.9 Å². The highest BCUT2D eigenvalue weighted by atomic mass is 79.9. The quantitative estimate of drug-likeness (QED) is 0.631. The van der Waals surface area contributed by atoms with E-state index in [9.17, 15) is 9.59 Å². The zero-order valence-corrected chi connectivity index (χ0v) is 14.4. The summed E-state index contributed by atoms with van der Waals surface area (Å²) < 4.78 is 6.03. The SMILES string of the molecule is Cc1cccc(C(=O)O[C@@H](C)C(=O)Nc2cccc(Br)c2)c1N. The molecule has 0 bridgehead atoms. The molecule has 1 amide bonds. The summed E-state index contributed by atoms with van der Waals surface area (Å²) in [6, 6.07) is 12.2. The third kappa shape index (κ3) is 4.32. The monoisotopic (exact) mass is 376 g/mol. The van der Waals surface area contributed by atoms with Crippen molar-refractivity contribution < 1.29 is 14.3 Å². The normalized spacial score (nSPS) is 11.6. The predicted octanol–water partition coefficient (Wildman–Crippen LogP) is 3.52. The lowest BCUT2D eigenvalue weighted by Crippen LogP contribution is -2.30. The first-order valence-electron chi connectivity index (χ1n) is 7.01. The largest absolute Gasteiger partial charge is 0.449 e. The fraction of sp³-hybridized carbons (Fsp3) is 0.176. The van der Waals surface area contributed by atoms with Crippen molar-refractivity contribution in [3.63, 3.8) is 0 Å². The molecule has 0 aliphatic carbocycles. The lowest BCUT2D eigenvalue weighted by atomic mass is 10.1. The second-order valence-corrected chi connectivity index (χ2v) is 6.00. The number of carbonyl (C=O) groups is 2. The number of carbonyl (C=O) groups excluding carboxylic acids is 2. The fourth-order valence-corrected chi connectivity index (χ4v) is 2.35. The number of hydrogen-bond donors (Lipinski definition) is 2. The number of nitrogens with two attached hydrogens (primary N) is 1. The van der Waals surface area contributed by atoms with Gasteiger partial charge >= 0.3 is 5.97 Å². The first-order valence-corrected chi connectivity index (χ1v) is 7.80. The van der Waals surface area contributed by atoms with E-state index in [1.807, 2.05) is 6.07 Å². The number of ether oxygens (including phenoxy) is 1. The number of nitrogen functional groups attached to an aromatic ring is 1. The standard InChI is InChI=1S/C17H17BrN2O3/c1-10-5-3-8-14(15(10)19)17(22)23-11(2)16(21)20-13-7-4-6-12(18)9-13/h3-9,11H,19H2,1-2H3,(H,20,21)/t11-/m0/s1. The molecule has 120 valence electrons. The van der Waals surface area contributed by atoms with Crippen molar-refractivity contribution in [2.24, 2.45) is 0 Å². The summed E-state index contributed by atoms with van der Waals surface area (Å²) in [5.74, 6) is -1.04. The molecule has 0 radical (unpaired) electrons. The number of rotatable bonds is 4. The number of benzene rings is 2. The van der Waals surface area contributed by atoms with Crippen LogP contribution in [0.2, 0.25) is 0 Å². The lowest BCUT2D eigenvalue weighted by molar-refractivity contribution is -0.123. The highest BCUT2D eigenvalue weighted by Crippen LogP contribution is 2.19. The summed E-state index contributed by atoms with van der Waals surface area (Å²) in [4.78, 5) is 24.3. The number of hydrogen-bond acceptors (Lipinski definition) is 4. The summed E-state index contributed by atoms with van der Waals surface area (Å²) >= 11 is 3.32. The molecule has 2 rings (SSSR count). The summed E-state index contributed by atoms with van der Waals surface area (Å²) in [6.45, 7) is 3.31. The maximum Gasteiger partial charge on any atom is 0.341 e. The molecule has 0 aromatic heterocycles. The van der Waals surface area contributed by atoms with Gasteiger partial charge in [0.25, 0.3) is 5.91 Å². The molecule has 2 aromatic carbocycles. The Kier molecular flexibility index (Phi) is 5.39. The van der Waals surface area contributed by atoms with Crippen molar-refractivity contribution in [2.75, 3.05) is 11.1 Å². The predicted molar refractivity (Wildman–Crippen MR) is 93.2 cm³/mol. The van der Waals surface area contributed by atoms with E-state index in [0.29, 0.717) is 11.4 Å². The number of nitrogens with one attached hydrogen (secondary N) is 1. The number of anilines is 2. The Labute approximate surface area is 143 Å². The molecule has 0 saturated carbocycles. The van der Waals surface area contributed by atoms with Crippen LogP contribution in [0, 0.1) is 6.92 Å². The zero-order chi connectivity index (χ0) is 17.0. The van der Waals surface area contributed by atoms with E-state index in [-0.39, 0.29) is 5.56 Å². The van der Waals surface area contributed by atoms with Gasteiger partial charge in [0.1, 0.15) is 0 Å². The molecular weight excluding hydrogens is 360 g/mol. The van der Waals surface area contributed by atoms with Gasteiger partial charge in [-0.1, -0.05) is 34.1 Å². The van der Waals surface area contributed by atoms with Crippen LogP contribution in [-0.4, -0.2) is 18.0 Å². The lowest BCUT2D eigenvalue weighted by Gasteiger charge is -2.15. The molecule has 5 nitrogen and oxygen atoms in total. The highest BCUT2D eigenvalue weighted by Gasteiger charge is 2.20. The first-order chi connectivity index (χ1) is 10.9. The van der Waals surface area contributed by atoms with E-state index >= 15 is 0 Å². The Morgan fingerprint density at radius 2 is 1.91 bits per heavy atom. The van der Waals surface area contributed by atoms with Crippen molar-refractivity contribution in [3.8, 4) is 0 Å². The molecule has 23 heavy (non-hydrogen) atoms. The van der Waals surface area contributed by atoms with Crippen molar-refractivity contribution in [2.45, 2.75) is 20.0 Å². The fourth-order valence-electron chi connectivity index (χ4n) is 1.95. The first kappa shape index (κ1) is 17.0. The van der Waals surface area contributed by atoms with E-state index in [2.05, 4.69) is 21.2 Å². The smallest absolute Gasteiger partial charge is 0.341 e. The zero-order valence-electron chi connectivity index (χ0n) is 12.8. The van der Waals surface area contributed by atoms with Crippen LogP contribution in [-0.2, 0) is 9.53 Å². The van der Waals surface area contributed by atoms with Crippen molar-refractivity contribution >= 4 is 39.2 Å². The highest BCUT2D eigenvalue weighted by molar-refractivity contribution is 9.10. The molecule has 0 unspecified atom stereocenters. The molecule has 0 aliphatic rings. The molecule has 0 saturated heterocycles.